The molecule has 2 fully saturated rings. The minimum absolute atomic E-state index is 0. The van der Waals surface area contributed by atoms with Crippen molar-refractivity contribution in [3.63, 3.8) is 0 Å². The van der Waals surface area contributed by atoms with Gasteiger partial charge in [0.05, 0.1) is 13.3 Å². The summed E-state index contributed by atoms with van der Waals surface area (Å²) in [5, 5.41) is 0. The van der Waals surface area contributed by atoms with E-state index >= 15 is 0 Å². The van der Waals surface area contributed by atoms with Gasteiger partial charge in [-0.25, -0.2) is 33.7 Å². The number of rotatable bonds is 4. The van der Waals surface area contributed by atoms with E-state index in [-0.39, 0.29) is 206 Å². The van der Waals surface area contributed by atoms with Gasteiger partial charge in [-0.2, -0.15) is 17.2 Å². The molecule has 0 radical (unpaired) electrons. The van der Waals surface area contributed by atoms with Gasteiger partial charge in [0.25, 0.3) is 0 Å². The van der Waals surface area contributed by atoms with Crippen molar-refractivity contribution in [2.45, 2.75) is 12.3 Å². The molecule has 0 spiro atoms. The second-order valence-electron chi connectivity index (χ2n) is 4.49. The molecule has 2 rings (SSSR count). The van der Waals surface area contributed by atoms with Gasteiger partial charge in [-0.05, 0) is 0 Å². The van der Waals surface area contributed by atoms with Gasteiger partial charge in [-0.1, -0.05) is 0 Å². The molecule has 2 aliphatic heterocycles. The molecule has 0 atom stereocenters. The van der Waals surface area contributed by atoms with E-state index in [0.717, 1.165) is 0 Å². The first-order valence-corrected chi connectivity index (χ1v) is 10.8. The Labute approximate surface area is 332 Å². The van der Waals surface area contributed by atoms with Crippen molar-refractivity contribution in [1.82, 2.24) is 17.2 Å². The van der Waals surface area contributed by atoms with Crippen LogP contribution in [0.1, 0.15) is 0 Å². The van der Waals surface area contributed by atoms with E-state index in [4.69, 9.17) is 0 Å². The van der Waals surface area contributed by atoms with Crippen LogP contribution in [-0.2, 0) is 41.2 Å². The maximum Gasteiger partial charge on any atom is 1.00 e. The monoisotopic (exact) mass is 586 g/mol. The van der Waals surface area contributed by atoms with Crippen LogP contribution in [0.3, 0.4) is 0 Å². The second kappa shape index (κ2) is 13.5. The molecule has 0 aromatic heterocycles. The Hall–Kier alpha value is 6.03. The molecule has 16 nitrogen and oxygen atoms in total. The quantitative estimate of drug-likeness (QED) is 0.220. The number of fused-ring (bicyclic) bond motifs is 1. The first-order valence-electron chi connectivity index (χ1n) is 5.36. The van der Waals surface area contributed by atoms with Gasteiger partial charge in [0.1, 0.15) is 12.3 Å². The van der Waals surface area contributed by atoms with Crippen LogP contribution < -0.4 is 206 Å². The van der Waals surface area contributed by atoms with Crippen molar-refractivity contribution in [1.29, 1.82) is 0 Å². The number of hydrogen-bond donors (Lipinski definition) is 0. The maximum atomic E-state index is 11.2. The fourth-order valence-corrected chi connectivity index (χ4v) is 5.58. The van der Waals surface area contributed by atoms with Gasteiger partial charge in [-0.15, -0.1) is 0 Å². The zero-order chi connectivity index (χ0) is 18.9. The van der Waals surface area contributed by atoms with E-state index in [0.29, 0.717) is 0 Å². The van der Waals surface area contributed by atoms with Crippen LogP contribution in [0.5, 0.6) is 0 Å². The van der Waals surface area contributed by atoms with E-state index in [9.17, 15) is 51.9 Å². The summed E-state index contributed by atoms with van der Waals surface area (Å²) in [6, 6.07) is 0. The number of nitrogens with zero attached hydrogens (tertiary/aromatic N) is 4. The normalized spacial score (nSPS) is 25.0. The van der Waals surface area contributed by atoms with Crippen LogP contribution in [0, 0.1) is 0 Å². The first kappa shape index (κ1) is 38.6. The second-order valence-corrected chi connectivity index (χ2v) is 9.79. The molecule has 0 aromatic carbocycles. The SMILES string of the molecule is O=S(=O)([O-])N1CN(S(=O)(=O)[O-])C2C1N(S(=O)(=O)[O-])CN2S(=O)(=O)[O-].[K+].[K+].[K+].[K+]. The Balaban J connectivity index is -0.00000156. The summed E-state index contributed by atoms with van der Waals surface area (Å²) in [5.74, 6) is 0. The molecule has 0 bridgehead atoms. The summed E-state index contributed by atoms with van der Waals surface area (Å²) in [4.78, 5) is 0. The molecule has 2 aliphatic rings. The minimum atomic E-state index is -5.64. The van der Waals surface area contributed by atoms with Crippen molar-refractivity contribution < 1.29 is 257 Å². The Bertz CT molecular complexity index is 811. The first-order chi connectivity index (χ1) is 10.5. The van der Waals surface area contributed by atoms with Gasteiger partial charge in [-0.3, -0.25) is 0 Å². The molecule has 24 heteroatoms. The smallest absolute Gasteiger partial charge is 0.735 e. The molecule has 0 aliphatic carbocycles. The van der Waals surface area contributed by atoms with Gasteiger partial charge in [0.2, 0.25) is 0 Å². The van der Waals surface area contributed by atoms with Crippen LogP contribution in [0.15, 0.2) is 0 Å². The zero-order valence-electron chi connectivity index (χ0n) is 14.9. The van der Waals surface area contributed by atoms with Crippen molar-refractivity contribution in [3.8, 4) is 0 Å². The average Bonchev–Trinajstić information content (AvgIpc) is 2.78. The zero-order valence-corrected chi connectivity index (χ0v) is 30.6. The molecule has 0 unspecified atom stereocenters. The fourth-order valence-electron chi connectivity index (χ4n) is 2.30. The van der Waals surface area contributed by atoms with E-state index in [1.807, 2.05) is 0 Å². The molecule has 142 valence electrons. The maximum absolute atomic E-state index is 11.2. The molecular weight excluding hydrogens is 581 g/mol. The third kappa shape index (κ3) is 9.16. The van der Waals surface area contributed by atoms with Crippen LogP contribution in [0.25, 0.3) is 0 Å². The molecule has 2 heterocycles. The van der Waals surface area contributed by atoms with E-state index in [1.165, 1.54) is 0 Å². The molecule has 2 saturated heterocycles. The Kier molecular flexibility index (Phi) is 18.6. The predicted octanol–water partition coefficient (Wildman–Crippen LogP) is -17.4. The van der Waals surface area contributed by atoms with Crippen molar-refractivity contribution >= 4 is 41.2 Å². The van der Waals surface area contributed by atoms with Crippen molar-refractivity contribution in [2.24, 2.45) is 0 Å². The topological polar surface area (TPSA) is 242 Å². The van der Waals surface area contributed by atoms with Crippen LogP contribution >= 0.6 is 0 Å². The van der Waals surface area contributed by atoms with Gasteiger partial charge < -0.3 is 18.2 Å². The molecule has 0 saturated carbocycles. The molecule has 0 N–H and O–H groups in total. The Morgan fingerprint density at radius 1 is 0.464 bits per heavy atom. The summed E-state index contributed by atoms with van der Waals surface area (Å²) in [6.45, 7) is -3.16. The van der Waals surface area contributed by atoms with Crippen LogP contribution in [0.4, 0.5) is 0 Å². The van der Waals surface area contributed by atoms with E-state index < -0.39 is 84.1 Å². The summed E-state index contributed by atoms with van der Waals surface area (Å²) in [7, 11) is -22.6. The van der Waals surface area contributed by atoms with Gasteiger partial charge >= 0.3 is 206 Å². The third-order valence-electron chi connectivity index (χ3n) is 3.15. The molecule has 28 heavy (non-hydrogen) atoms. The molecule has 0 amide bonds. The minimum Gasteiger partial charge on any atom is -0.735 e. The van der Waals surface area contributed by atoms with Crippen molar-refractivity contribution in [2.75, 3.05) is 13.3 Å². The summed E-state index contributed by atoms with van der Waals surface area (Å²) >= 11 is 0. The van der Waals surface area contributed by atoms with E-state index in [2.05, 4.69) is 0 Å². The van der Waals surface area contributed by atoms with Gasteiger partial charge in [0, 0.05) is 0 Å². The van der Waals surface area contributed by atoms with E-state index in [1.54, 1.807) is 0 Å². The fraction of sp³-hybridized carbons (Fsp3) is 1.00. The third-order valence-corrected chi connectivity index (χ3v) is 6.78. The summed E-state index contributed by atoms with van der Waals surface area (Å²) in [6.07, 6.45) is -5.05. The molecular formula is C4H6K4N4O12S4. The van der Waals surface area contributed by atoms with Crippen molar-refractivity contribution in [3.05, 3.63) is 0 Å². The largest absolute Gasteiger partial charge is 1.00 e. The van der Waals surface area contributed by atoms with Crippen LogP contribution in [-0.4, -0.2) is 94.8 Å². The summed E-state index contributed by atoms with van der Waals surface area (Å²) < 4.78 is 132. The Morgan fingerprint density at radius 3 is 0.714 bits per heavy atom. The average molecular weight is 587 g/mol. The Morgan fingerprint density at radius 2 is 0.607 bits per heavy atom. The van der Waals surface area contributed by atoms with Gasteiger partial charge in [0.15, 0.2) is 41.2 Å². The predicted molar refractivity (Wildman–Crippen MR) is 63.5 cm³/mol. The van der Waals surface area contributed by atoms with Crippen LogP contribution in [0.2, 0.25) is 0 Å². The number of hydrogen-bond acceptors (Lipinski definition) is 12. The summed E-state index contributed by atoms with van der Waals surface area (Å²) in [5.41, 5.74) is 0. The molecule has 0 aromatic rings. The standard InChI is InChI=1S/C4H10N4O12S4.4K/c9-21(10,11)5-1-6(22(12,13)14)4-3(5)7(23(15,16)17)2-8(4)24(18,19)20;;;;/h3-4H,1-2H2,(H,9,10,11)(H,12,13,14)(H,15,16,17)(H,18,19,20);;;;/q;4*+1/p-4.